The highest BCUT2D eigenvalue weighted by atomic mass is 79.9. The first-order valence-corrected chi connectivity index (χ1v) is 7.12. The second-order valence-corrected chi connectivity index (χ2v) is 5.85. The number of hydrogen-bond acceptors (Lipinski definition) is 2. The summed E-state index contributed by atoms with van der Waals surface area (Å²) in [6, 6.07) is 8.29. The van der Waals surface area contributed by atoms with Gasteiger partial charge >= 0.3 is 0 Å². The van der Waals surface area contributed by atoms with Crippen molar-refractivity contribution in [3.05, 3.63) is 56.5 Å². The molecule has 0 spiro atoms. The Morgan fingerprint density at radius 3 is 2.55 bits per heavy atom. The maximum Gasteiger partial charge on any atom is 0.259 e. The fourth-order valence-electron chi connectivity index (χ4n) is 1.95. The third-order valence-corrected chi connectivity index (χ3v) is 3.74. The number of phenolic OH excluding ortho intramolecular Hbond substituents is 1. The van der Waals surface area contributed by atoms with E-state index < -0.39 is 0 Å². The molecule has 0 unspecified atom stereocenters. The van der Waals surface area contributed by atoms with Gasteiger partial charge in [0.15, 0.2) is 0 Å². The Bertz CT molecular complexity index is 663. The smallest absolute Gasteiger partial charge is 0.259 e. The van der Waals surface area contributed by atoms with E-state index in [-0.39, 0.29) is 17.2 Å². The maximum atomic E-state index is 12.2. The minimum atomic E-state index is -0.383. The van der Waals surface area contributed by atoms with Gasteiger partial charge in [-0.2, -0.15) is 0 Å². The van der Waals surface area contributed by atoms with Crippen LogP contribution in [0.1, 0.15) is 21.5 Å². The van der Waals surface area contributed by atoms with E-state index in [1.165, 1.54) is 12.1 Å². The highest BCUT2D eigenvalue weighted by Crippen LogP contribution is 2.29. The standard InChI is InChI=1S/C15H13BrClNO2/c1-8-5-9(2)14(12(16)6-8)18-15(20)11-4-3-10(17)7-13(11)19/h3-7,19H,1-2H3,(H,18,20). The molecule has 2 rings (SSSR count). The molecule has 0 heterocycles. The van der Waals surface area contributed by atoms with Crippen LogP contribution in [-0.2, 0) is 0 Å². The van der Waals surface area contributed by atoms with E-state index in [0.29, 0.717) is 10.7 Å². The summed E-state index contributed by atoms with van der Waals surface area (Å²) in [6.45, 7) is 3.89. The van der Waals surface area contributed by atoms with Crippen molar-refractivity contribution in [2.75, 3.05) is 5.32 Å². The molecular formula is C15H13BrClNO2. The van der Waals surface area contributed by atoms with Crippen molar-refractivity contribution in [2.24, 2.45) is 0 Å². The molecule has 0 aromatic heterocycles. The molecule has 104 valence electrons. The molecule has 0 radical (unpaired) electrons. The summed E-state index contributed by atoms with van der Waals surface area (Å²) < 4.78 is 0.803. The van der Waals surface area contributed by atoms with Crippen molar-refractivity contribution in [1.29, 1.82) is 0 Å². The van der Waals surface area contributed by atoms with Gasteiger partial charge in [-0.3, -0.25) is 4.79 Å². The second-order valence-electron chi connectivity index (χ2n) is 4.55. The van der Waals surface area contributed by atoms with Crippen LogP contribution in [0.3, 0.4) is 0 Å². The van der Waals surface area contributed by atoms with Crippen molar-refractivity contribution in [3.8, 4) is 5.75 Å². The summed E-state index contributed by atoms with van der Waals surface area (Å²) in [5, 5.41) is 12.9. The first kappa shape index (κ1) is 14.9. The zero-order chi connectivity index (χ0) is 14.9. The lowest BCUT2D eigenvalue weighted by Gasteiger charge is -2.12. The van der Waals surface area contributed by atoms with Gasteiger partial charge in [0, 0.05) is 9.50 Å². The summed E-state index contributed by atoms with van der Waals surface area (Å²) >= 11 is 9.18. The summed E-state index contributed by atoms with van der Waals surface area (Å²) in [5.41, 5.74) is 2.91. The van der Waals surface area contributed by atoms with Gasteiger partial charge in [0.2, 0.25) is 0 Å². The number of amides is 1. The lowest BCUT2D eigenvalue weighted by molar-refractivity contribution is 0.102. The minimum Gasteiger partial charge on any atom is -0.507 e. The number of carbonyl (C=O) groups is 1. The van der Waals surface area contributed by atoms with Crippen LogP contribution in [0.5, 0.6) is 5.75 Å². The average molecular weight is 355 g/mol. The van der Waals surface area contributed by atoms with Gasteiger partial charge in [-0.1, -0.05) is 17.7 Å². The summed E-state index contributed by atoms with van der Waals surface area (Å²) in [6.07, 6.45) is 0. The van der Waals surface area contributed by atoms with E-state index in [4.69, 9.17) is 11.6 Å². The summed E-state index contributed by atoms with van der Waals surface area (Å²) in [7, 11) is 0. The molecule has 1 amide bonds. The number of aromatic hydroxyl groups is 1. The molecule has 2 aromatic rings. The third-order valence-electron chi connectivity index (χ3n) is 2.87. The number of phenols is 1. The van der Waals surface area contributed by atoms with Crippen LogP contribution in [-0.4, -0.2) is 11.0 Å². The monoisotopic (exact) mass is 353 g/mol. The van der Waals surface area contributed by atoms with Crippen LogP contribution in [0.4, 0.5) is 5.69 Å². The number of hydrogen-bond donors (Lipinski definition) is 2. The maximum absolute atomic E-state index is 12.2. The van der Waals surface area contributed by atoms with E-state index >= 15 is 0 Å². The molecule has 0 saturated heterocycles. The lowest BCUT2D eigenvalue weighted by Crippen LogP contribution is -2.13. The van der Waals surface area contributed by atoms with Gasteiger partial charge in [0.25, 0.3) is 5.91 Å². The number of aryl methyl sites for hydroxylation is 2. The molecule has 3 nitrogen and oxygen atoms in total. The van der Waals surface area contributed by atoms with E-state index in [1.54, 1.807) is 6.07 Å². The Balaban J connectivity index is 2.33. The average Bonchev–Trinajstić information content (AvgIpc) is 2.33. The Labute approximate surface area is 130 Å². The quantitative estimate of drug-likeness (QED) is 0.823. The fraction of sp³-hybridized carbons (Fsp3) is 0.133. The number of anilines is 1. The van der Waals surface area contributed by atoms with Crippen molar-refractivity contribution in [1.82, 2.24) is 0 Å². The molecule has 0 bridgehead atoms. The summed E-state index contributed by atoms with van der Waals surface area (Å²) in [4.78, 5) is 12.2. The van der Waals surface area contributed by atoms with Gasteiger partial charge in [-0.25, -0.2) is 0 Å². The number of carbonyl (C=O) groups excluding carboxylic acids is 1. The van der Waals surface area contributed by atoms with Gasteiger partial charge in [0.05, 0.1) is 11.3 Å². The molecule has 0 fully saturated rings. The van der Waals surface area contributed by atoms with Crippen molar-refractivity contribution >= 4 is 39.1 Å². The lowest BCUT2D eigenvalue weighted by atomic mass is 10.1. The highest BCUT2D eigenvalue weighted by Gasteiger charge is 2.14. The predicted octanol–water partition coefficient (Wildman–Crippen LogP) is 4.68. The van der Waals surface area contributed by atoms with E-state index in [9.17, 15) is 9.90 Å². The van der Waals surface area contributed by atoms with E-state index in [2.05, 4.69) is 21.2 Å². The minimum absolute atomic E-state index is 0.143. The van der Waals surface area contributed by atoms with Crippen LogP contribution >= 0.6 is 27.5 Å². The number of benzene rings is 2. The third kappa shape index (κ3) is 3.14. The van der Waals surface area contributed by atoms with Crippen molar-refractivity contribution in [2.45, 2.75) is 13.8 Å². The SMILES string of the molecule is Cc1cc(C)c(NC(=O)c2ccc(Cl)cc2O)c(Br)c1. The van der Waals surface area contributed by atoms with Crippen molar-refractivity contribution in [3.63, 3.8) is 0 Å². The van der Waals surface area contributed by atoms with Crippen molar-refractivity contribution < 1.29 is 9.90 Å². The molecule has 2 N–H and O–H groups in total. The Hall–Kier alpha value is -1.52. The highest BCUT2D eigenvalue weighted by molar-refractivity contribution is 9.10. The van der Waals surface area contributed by atoms with Gasteiger partial charge in [-0.15, -0.1) is 0 Å². The number of halogens is 2. The molecule has 5 heteroatoms. The molecule has 0 saturated carbocycles. The number of nitrogens with one attached hydrogen (secondary N) is 1. The fourth-order valence-corrected chi connectivity index (χ4v) is 2.89. The normalized spacial score (nSPS) is 10.4. The molecular weight excluding hydrogens is 342 g/mol. The van der Waals surface area contributed by atoms with Crippen LogP contribution < -0.4 is 5.32 Å². The largest absolute Gasteiger partial charge is 0.507 e. The first-order valence-electron chi connectivity index (χ1n) is 5.95. The molecule has 2 aromatic carbocycles. The Kier molecular flexibility index (Phi) is 4.35. The molecule has 0 atom stereocenters. The number of rotatable bonds is 2. The Morgan fingerprint density at radius 2 is 1.95 bits per heavy atom. The molecule has 20 heavy (non-hydrogen) atoms. The summed E-state index contributed by atoms with van der Waals surface area (Å²) in [5.74, 6) is -0.525. The molecule has 0 aliphatic carbocycles. The first-order chi connectivity index (χ1) is 9.38. The molecule has 0 aliphatic heterocycles. The molecule has 0 aliphatic rings. The van der Waals surface area contributed by atoms with Crippen LogP contribution in [0.2, 0.25) is 5.02 Å². The van der Waals surface area contributed by atoms with E-state index in [1.807, 2.05) is 26.0 Å². The zero-order valence-corrected chi connectivity index (χ0v) is 13.3. The van der Waals surface area contributed by atoms with Gasteiger partial charge in [-0.05, 0) is 65.2 Å². The topological polar surface area (TPSA) is 49.3 Å². The predicted molar refractivity (Wildman–Crippen MR) is 84.7 cm³/mol. The zero-order valence-electron chi connectivity index (χ0n) is 11.0. The Morgan fingerprint density at radius 1 is 1.25 bits per heavy atom. The van der Waals surface area contributed by atoms with Crippen LogP contribution in [0.25, 0.3) is 0 Å². The van der Waals surface area contributed by atoms with Crippen LogP contribution in [0, 0.1) is 13.8 Å². The van der Waals surface area contributed by atoms with Crippen LogP contribution in [0.15, 0.2) is 34.8 Å². The second kappa shape index (κ2) is 5.85. The van der Waals surface area contributed by atoms with Gasteiger partial charge in [0.1, 0.15) is 5.75 Å². The van der Waals surface area contributed by atoms with E-state index in [0.717, 1.165) is 15.6 Å². The van der Waals surface area contributed by atoms with Gasteiger partial charge < -0.3 is 10.4 Å².